The Kier molecular flexibility index (Phi) is 1.98. The molecule has 0 spiro atoms. The zero-order valence-corrected chi connectivity index (χ0v) is 8.16. The summed E-state index contributed by atoms with van der Waals surface area (Å²) in [6.07, 6.45) is 0. The van der Waals surface area contributed by atoms with Crippen molar-refractivity contribution >= 4 is 39.7 Å². The molecule has 0 fully saturated rings. The van der Waals surface area contributed by atoms with Gasteiger partial charge in [-0.05, 0) is 28.5 Å². The number of nitrogen functional groups attached to an aromatic ring is 1. The van der Waals surface area contributed by atoms with Crippen LogP contribution in [0.4, 0.5) is 5.69 Å². The molecule has 0 saturated heterocycles. The van der Waals surface area contributed by atoms with Crippen LogP contribution in [0.25, 0.3) is 10.1 Å². The first-order chi connectivity index (χ1) is 5.81. The van der Waals surface area contributed by atoms with Gasteiger partial charge in [0, 0.05) is 16.1 Å². The van der Waals surface area contributed by atoms with Crippen LogP contribution in [0.5, 0.6) is 0 Å². The Bertz CT molecular complexity index is 406. The molecule has 1 heterocycles. The summed E-state index contributed by atoms with van der Waals surface area (Å²) in [5, 5.41) is 3.42. The fraction of sp³-hybridized carbons (Fsp3) is 0.111. The van der Waals surface area contributed by atoms with Gasteiger partial charge in [0.15, 0.2) is 0 Å². The summed E-state index contributed by atoms with van der Waals surface area (Å²) in [7, 11) is 0. The lowest BCUT2D eigenvalue weighted by Crippen LogP contribution is -1.82. The first-order valence-corrected chi connectivity index (χ1v) is 5.19. The smallest absolute Gasteiger partial charge is 0.0366 e. The van der Waals surface area contributed by atoms with E-state index in [0.29, 0.717) is 0 Å². The zero-order chi connectivity index (χ0) is 8.55. The number of hydrogen-bond donors (Lipinski definition) is 2. The third-order valence-corrected chi connectivity index (χ3v) is 3.18. The molecule has 2 aromatic rings. The van der Waals surface area contributed by atoms with E-state index >= 15 is 0 Å². The Balaban J connectivity index is 2.73. The van der Waals surface area contributed by atoms with E-state index in [0.717, 1.165) is 11.4 Å². The Morgan fingerprint density at radius 2 is 2.25 bits per heavy atom. The molecule has 0 atom stereocenters. The first kappa shape index (κ1) is 7.95. The molecule has 0 aliphatic rings. The van der Waals surface area contributed by atoms with Crippen LogP contribution in [0.15, 0.2) is 23.6 Å². The van der Waals surface area contributed by atoms with E-state index in [1.165, 1.54) is 15.6 Å². The second-order valence-electron chi connectivity index (χ2n) is 2.67. The van der Waals surface area contributed by atoms with E-state index in [1.54, 1.807) is 11.3 Å². The molecular weight excluding hydrogens is 186 g/mol. The van der Waals surface area contributed by atoms with E-state index < -0.39 is 0 Å². The van der Waals surface area contributed by atoms with Crippen molar-refractivity contribution in [2.45, 2.75) is 5.75 Å². The average molecular weight is 195 g/mol. The topological polar surface area (TPSA) is 26.0 Å². The molecule has 0 radical (unpaired) electrons. The standard InChI is InChI=1S/C9H9NS2/c10-7-1-2-8-6(4-11)5-12-9(8)3-7/h1-3,5,11H,4,10H2. The quantitative estimate of drug-likeness (QED) is 0.531. The van der Waals surface area contributed by atoms with Gasteiger partial charge in [0.05, 0.1) is 0 Å². The zero-order valence-electron chi connectivity index (χ0n) is 6.45. The van der Waals surface area contributed by atoms with Crippen LogP contribution in [0, 0.1) is 0 Å². The van der Waals surface area contributed by atoms with Crippen LogP contribution in [0.3, 0.4) is 0 Å². The molecule has 0 bridgehead atoms. The van der Waals surface area contributed by atoms with Crippen LogP contribution in [-0.2, 0) is 5.75 Å². The maximum absolute atomic E-state index is 5.66. The Hall–Kier alpha value is -0.670. The van der Waals surface area contributed by atoms with Gasteiger partial charge in [-0.25, -0.2) is 0 Å². The van der Waals surface area contributed by atoms with E-state index in [2.05, 4.69) is 24.1 Å². The van der Waals surface area contributed by atoms with Gasteiger partial charge < -0.3 is 5.73 Å². The summed E-state index contributed by atoms with van der Waals surface area (Å²) in [6.45, 7) is 0. The maximum atomic E-state index is 5.66. The second kappa shape index (κ2) is 2.99. The monoisotopic (exact) mass is 195 g/mol. The van der Waals surface area contributed by atoms with Crippen LogP contribution in [-0.4, -0.2) is 0 Å². The van der Waals surface area contributed by atoms with Crippen molar-refractivity contribution in [1.82, 2.24) is 0 Å². The van der Waals surface area contributed by atoms with E-state index in [4.69, 9.17) is 5.73 Å². The molecule has 1 nitrogen and oxygen atoms in total. The predicted octanol–water partition coefficient (Wildman–Crippen LogP) is 2.91. The van der Waals surface area contributed by atoms with Gasteiger partial charge in [0.25, 0.3) is 0 Å². The minimum Gasteiger partial charge on any atom is -0.399 e. The van der Waals surface area contributed by atoms with E-state index in [1.807, 2.05) is 12.1 Å². The van der Waals surface area contributed by atoms with Crippen molar-refractivity contribution in [3.63, 3.8) is 0 Å². The minimum atomic E-state index is 0.796. The van der Waals surface area contributed by atoms with Crippen LogP contribution in [0.1, 0.15) is 5.56 Å². The van der Waals surface area contributed by atoms with Crippen molar-refractivity contribution in [2.24, 2.45) is 0 Å². The number of hydrogen-bond acceptors (Lipinski definition) is 3. The van der Waals surface area contributed by atoms with Crippen LogP contribution in [0.2, 0.25) is 0 Å². The Morgan fingerprint density at radius 3 is 3.00 bits per heavy atom. The highest BCUT2D eigenvalue weighted by atomic mass is 32.1. The number of thiol groups is 1. The lowest BCUT2D eigenvalue weighted by molar-refractivity contribution is 1.53. The van der Waals surface area contributed by atoms with Gasteiger partial charge in [-0.2, -0.15) is 12.6 Å². The van der Waals surface area contributed by atoms with Gasteiger partial charge in [-0.15, -0.1) is 11.3 Å². The SMILES string of the molecule is Nc1ccc2c(CS)csc2c1. The molecule has 62 valence electrons. The molecular formula is C9H9NS2. The molecule has 3 heteroatoms. The van der Waals surface area contributed by atoms with Gasteiger partial charge in [-0.3, -0.25) is 0 Å². The summed E-state index contributed by atoms with van der Waals surface area (Å²) in [5.74, 6) is 0.796. The minimum absolute atomic E-state index is 0.796. The number of rotatable bonds is 1. The highest BCUT2D eigenvalue weighted by Crippen LogP contribution is 2.28. The molecule has 0 unspecified atom stereocenters. The van der Waals surface area contributed by atoms with E-state index in [-0.39, 0.29) is 0 Å². The van der Waals surface area contributed by atoms with Gasteiger partial charge >= 0.3 is 0 Å². The molecule has 12 heavy (non-hydrogen) atoms. The van der Waals surface area contributed by atoms with Crippen molar-refractivity contribution in [3.8, 4) is 0 Å². The maximum Gasteiger partial charge on any atom is 0.0366 e. The molecule has 1 aromatic heterocycles. The third-order valence-electron chi connectivity index (χ3n) is 1.85. The largest absolute Gasteiger partial charge is 0.399 e. The summed E-state index contributed by atoms with van der Waals surface area (Å²) in [5.41, 5.74) is 7.78. The molecule has 0 aliphatic carbocycles. The van der Waals surface area contributed by atoms with Gasteiger partial charge in [0.1, 0.15) is 0 Å². The lowest BCUT2D eigenvalue weighted by atomic mass is 10.2. The normalized spacial score (nSPS) is 10.8. The molecule has 2 N–H and O–H groups in total. The van der Waals surface area contributed by atoms with Crippen LogP contribution >= 0.6 is 24.0 Å². The highest BCUT2D eigenvalue weighted by Gasteiger charge is 2.01. The molecule has 0 aliphatic heterocycles. The number of anilines is 1. The van der Waals surface area contributed by atoms with Crippen molar-refractivity contribution in [3.05, 3.63) is 29.1 Å². The van der Waals surface area contributed by atoms with Crippen LogP contribution < -0.4 is 5.73 Å². The Morgan fingerprint density at radius 1 is 1.42 bits per heavy atom. The summed E-state index contributed by atoms with van der Waals surface area (Å²) >= 11 is 5.98. The van der Waals surface area contributed by atoms with Crippen molar-refractivity contribution < 1.29 is 0 Å². The van der Waals surface area contributed by atoms with E-state index in [9.17, 15) is 0 Å². The predicted molar refractivity (Wildman–Crippen MR) is 58.9 cm³/mol. The third kappa shape index (κ3) is 1.19. The first-order valence-electron chi connectivity index (χ1n) is 3.67. The summed E-state index contributed by atoms with van der Waals surface area (Å²) in [6, 6.07) is 6.00. The summed E-state index contributed by atoms with van der Waals surface area (Å²) < 4.78 is 1.25. The van der Waals surface area contributed by atoms with Crippen molar-refractivity contribution in [2.75, 3.05) is 5.73 Å². The number of fused-ring (bicyclic) bond motifs is 1. The highest BCUT2D eigenvalue weighted by molar-refractivity contribution is 7.79. The molecule has 2 rings (SSSR count). The van der Waals surface area contributed by atoms with Gasteiger partial charge in [0.2, 0.25) is 0 Å². The molecule has 1 aromatic carbocycles. The number of benzene rings is 1. The molecule has 0 saturated carbocycles. The second-order valence-corrected chi connectivity index (χ2v) is 3.90. The average Bonchev–Trinajstić information content (AvgIpc) is 2.46. The fourth-order valence-electron chi connectivity index (χ4n) is 1.22. The summed E-state index contributed by atoms with van der Waals surface area (Å²) in [4.78, 5) is 0. The molecule has 0 amide bonds. The van der Waals surface area contributed by atoms with Gasteiger partial charge in [-0.1, -0.05) is 6.07 Å². The number of thiophene rings is 1. The van der Waals surface area contributed by atoms with Crippen molar-refractivity contribution in [1.29, 1.82) is 0 Å². The fourth-order valence-corrected chi connectivity index (χ4v) is 2.62. The Labute approximate surface area is 80.6 Å². The number of nitrogens with two attached hydrogens (primary N) is 1. The lowest BCUT2D eigenvalue weighted by Gasteiger charge is -1.94.